The minimum Gasteiger partial charge on any atom is -0.444 e. The summed E-state index contributed by atoms with van der Waals surface area (Å²) in [5.74, 6) is -0.792. The van der Waals surface area contributed by atoms with Crippen LogP contribution < -0.4 is 15.8 Å². The van der Waals surface area contributed by atoms with Gasteiger partial charge in [-0.25, -0.2) is 22.3 Å². The number of nitrogens with one attached hydrogen (secondary N) is 2. The highest BCUT2D eigenvalue weighted by molar-refractivity contribution is 7.89. The van der Waals surface area contributed by atoms with Gasteiger partial charge in [0.25, 0.3) is 0 Å². The standard InChI is InChI=1S/C14H22FN3O4S/c1-14(2,3)22-13(19)17-8-5-9-18-23(20,21)11-7-4-6-10(15)12(11)16/h4,6-7,18H,5,8-9,16H2,1-3H3,(H,17,19). The van der Waals surface area contributed by atoms with Crippen LogP contribution in [0.5, 0.6) is 0 Å². The van der Waals surface area contributed by atoms with Gasteiger partial charge in [0.05, 0.1) is 5.69 Å². The topological polar surface area (TPSA) is 111 Å². The predicted molar refractivity (Wildman–Crippen MR) is 84.9 cm³/mol. The lowest BCUT2D eigenvalue weighted by atomic mass is 10.2. The number of ether oxygens (including phenoxy) is 1. The molecule has 0 aromatic heterocycles. The van der Waals surface area contributed by atoms with Crippen LogP contribution in [0.2, 0.25) is 0 Å². The van der Waals surface area contributed by atoms with Crippen LogP contribution in [0.1, 0.15) is 27.2 Å². The Hall–Kier alpha value is -1.87. The van der Waals surface area contributed by atoms with Gasteiger partial charge in [0, 0.05) is 13.1 Å². The van der Waals surface area contributed by atoms with E-state index in [0.29, 0.717) is 6.42 Å². The molecule has 0 radical (unpaired) electrons. The first-order valence-electron chi connectivity index (χ1n) is 7.03. The number of hydrogen-bond acceptors (Lipinski definition) is 5. The van der Waals surface area contributed by atoms with Gasteiger partial charge in [0.1, 0.15) is 16.3 Å². The molecule has 1 rings (SSSR count). The molecule has 0 aliphatic carbocycles. The molecule has 0 atom stereocenters. The SMILES string of the molecule is CC(C)(C)OC(=O)NCCCNS(=O)(=O)c1cccc(F)c1N. The van der Waals surface area contributed by atoms with Crippen molar-refractivity contribution < 1.29 is 22.3 Å². The second-order valence-electron chi connectivity index (χ2n) is 5.83. The van der Waals surface area contributed by atoms with E-state index >= 15 is 0 Å². The first-order valence-corrected chi connectivity index (χ1v) is 8.52. The van der Waals surface area contributed by atoms with Gasteiger partial charge in [0.15, 0.2) is 0 Å². The third kappa shape index (κ3) is 6.41. The summed E-state index contributed by atoms with van der Waals surface area (Å²) in [5.41, 5.74) is 4.41. The van der Waals surface area contributed by atoms with Gasteiger partial charge in [-0.1, -0.05) is 6.07 Å². The average Bonchev–Trinajstić information content (AvgIpc) is 2.39. The zero-order valence-corrected chi connectivity index (χ0v) is 14.2. The molecule has 0 fully saturated rings. The summed E-state index contributed by atoms with van der Waals surface area (Å²) >= 11 is 0. The second-order valence-corrected chi connectivity index (χ2v) is 7.57. The van der Waals surface area contributed by atoms with Crippen LogP contribution in [0.4, 0.5) is 14.9 Å². The molecule has 0 bridgehead atoms. The van der Waals surface area contributed by atoms with Crippen LogP contribution in [0.25, 0.3) is 0 Å². The van der Waals surface area contributed by atoms with Crippen LogP contribution in [0, 0.1) is 5.82 Å². The molecule has 1 aromatic carbocycles. The summed E-state index contributed by atoms with van der Waals surface area (Å²) in [5, 5.41) is 2.51. The zero-order valence-electron chi connectivity index (χ0n) is 13.3. The Kier molecular flexibility index (Phi) is 6.34. The number of para-hydroxylation sites is 1. The maximum atomic E-state index is 13.3. The van der Waals surface area contributed by atoms with Crippen molar-refractivity contribution in [3.05, 3.63) is 24.0 Å². The smallest absolute Gasteiger partial charge is 0.407 e. The van der Waals surface area contributed by atoms with Crippen LogP contribution in [0.3, 0.4) is 0 Å². The van der Waals surface area contributed by atoms with Crippen molar-refractivity contribution in [2.75, 3.05) is 18.8 Å². The van der Waals surface area contributed by atoms with Crippen molar-refractivity contribution in [2.45, 2.75) is 37.7 Å². The molecule has 0 aliphatic rings. The fraction of sp³-hybridized carbons (Fsp3) is 0.500. The lowest BCUT2D eigenvalue weighted by Crippen LogP contribution is -2.34. The first-order chi connectivity index (χ1) is 10.5. The van der Waals surface area contributed by atoms with Crippen molar-refractivity contribution in [1.82, 2.24) is 10.0 Å². The minimum absolute atomic E-state index is 0.0636. The number of nitrogen functional groups attached to an aromatic ring is 1. The monoisotopic (exact) mass is 347 g/mol. The maximum Gasteiger partial charge on any atom is 0.407 e. The number of anilines is 1. The van der Waals surface area contributed by atoms with Gasteiger partial charge in [0.2, 0.25) is 10.0 Å². The van der Waals surface area contributed by atoms with Crippen molar-refractivity contribution in [1.29, 1.82) is 0 Å². The highest BCUT2D eigenvalue weighted by atomic mass is 32.2. The molecule has 0 unspecified atom stereocenters. The zero-order chi connectivity index (χ0) is 17.7. The Labute approximate surface area is 135 Å². The third-order valence-corrected chi connectivity index (χ3v) is 4.14. The van der Waals surface area contributed by atoms with E-state index in [1.807, 2.05) is 0 Å². The molecule has 4 N–H and O–H groups in total. The van der Waals surface area contributed by atoms with E-state index in [-0.39, 0.29) is 18.0 Å². The van der Waals surface area contributed by atoms with Crippen molar-refractivity contribution in [2.24, 2.45) is 0 Å². The third-order valence-electron chi connectivity index (χ3n) is 2.62. The summed E-state index contributed by atoms with van der Waals surface area (Å²) in [7, 11) is -3.90. The number of benzene rings is 1. The first kappa shape index (κ1) is 19.2. The van der Waals surface area contributed by atoms with E-state index in [1.54, 1.807) is 20.8 Å². The molecule has 7 nitrogen and oxygen atoms in total. The lowest BCUT2D eigenvalue weighted by Gasteiger charge is -2.19. The Morgan fingerprint density at radius 1 is 1.30 bits per heavy atom. The molecule has 130 valence electrons. The quantitative estimate of drug-likeness (QED) is 0.535. The molecule has 0 saturated heterocycles. The van der Waals surface area contributed by atoms with E-state index in [9.17, 15) is 17.6 Å². The molecule has 1 aromatic rings. The molecule has 0 saturated carbocycles. The average molecular weight is 347 g/mol. The second kappa shape index (κ2) is 7.60. The fourth-order valence-electron chi connectivity index (χ4n) is 1.63. The number of amides is 1. The number of carbonyl (C=O) groups is 1. The number of rotatable bonds is 6. The van der Waals surface area contributed by atoms with Gasteiger partial charge in [-0.05, 0) is 39.3 Å². The van der Waals surface area contributed by atoms with Crippen molar-refractivity contribution in [3.8, 4) is 0 Å². The van der Waals surface area contributed by atoms with Crippen LogP contribution in [-0.2, 0) is 14.8 Å². The van der Waals surface area contributed by atoms with Gasteiger partial charge in [-0.3, -0.25) is 0 Å². The number of carbonyl (C=O) groups excluding carboxylic acids is 1. The summed E-state index contributed by atoms with van der Waals surface area (Å²) in [6.07, 6.45) is -0.233. The molecule has 0 heterocycles. The van der Waals surface area contributed by atoms with E-state index in [2.05, 4.69) is 10.0 Å². The molecule has 0 aliphatic heterocycles. The van der Waals surface area contributed by atoms with E-state index in [4.69, 9.17) is 10.5 Å². The highest BCUT2D eigenvalue weighted by Gasteiger charge is 2.19. The Morgan fingerprint density at radius 2 is 1.96 bits per heavy atom. The van der Waals surface area contributed by atoms with Gasteiger partial charge in [-0.15, -0.1) is 0 Å². The normalized spacial score (nSPS) is 12.0. The molecular formula is C14H22FN3O4S. The lowest BCUT2D eigenvalue weighted by molar-refractivity contribution is 0.0527. The van der Waals surface area contributed by atoms with Crippen LogP contribution in [0.15, 0.2) is 23.1 Å². The Balaban J connectivity index is 2.44. The molecule has 9 heteroatoms. The Morgan fingerprint density at radius 3 is 2.57 bits per heavy atom. The summed E-state index contributed by atoms with van der Waals surface area (Å²) in [6.45, 7) is 5.52. The highest BCUT2D eigenvalue weighted by Crippen LogP contribution is 2.20. The van der Waals surface area contributed by atoms with E-state index < -0.39 is 33.2 Å². The number of nitrogens with two attached hydrogens (primary N) is 1. The number of alkyl carbamates (subject to hydrolysis) is 1. The van der Waals surface area contributed by atoms with Crippen molar-refractivity contribution >= 4 is 21.8 Å². The molecule has 0 spiro atoms. The largest absolute Gasteiger partial charge is 0.444 e. The summed E-state index contributed by atoms with van der Waals surface area (Å²) < 4.78 is 44.7. The van der Waals surface area contributed by atoms with Crippen LogP contribution >= 0.6 is 0 Å². The van der Waals surface area contributed by atoms with Crippen molar-refractivity contribution in [3.63, 3.8) is 0 Å². The van der Waals surface area contributed by atoms with Gasteiger partial charge in [-0.2, -0.15) is 0 Å². The van der Waals surface area contributed by atoms with Crippen LogP contribution in [-0.4, -0.2) is 33.2 Å². The number of hydrogen-bond donors (Lipinski definition) is 3. The fourth-order valence-corrected chi connectivity index (χ4v) is 2.84. The van der Waals surface area contributed by atoms with E-state index in [1.165, 1.54) is 12.1 Å². The number of halogens is 1. The molecule has 1 amide bonds. The number of sulfonamides is 1. The molecule has 23 heavy (non-hydrogen) atoms. The van der Waals surface area contributed by atoms with Gasteiger partial charge >= 0.3 is 6.09 Å². The molecular weight excluding hydrogens is 325 g/mol. The summed E-state index contributed by atoms with van der Waals surface area (Å²) in [4.78, 5) is 11.1. The predicted octanol–water partition coefficient (Wildman–Crippen LogP) is 1.60. The summed E-state index contributed by atoms with van der Waals surface area (Å²) in [6, 6.07) is 3.57. The Bertz CT molecular complexity index is 656. The van der Waals surface area contributed by atoms with Gasteiger partial charge < -0.3 is 15.8 Å². The maximum absolute atomic E-state index is 13.3. The van der Waals surface area contributed by atoms with E-state index in [0.717, 1.165) is 6.07 Å². The minimum atomic E-state index is -3.90.